The van der Waals surface area contributed by atoms with Gasteiger partial charge in [-0.15, -0.1) is 11.3 Å². The van der Waals surface area contributed by atoms with E-state index in [1.54, 1.807) is 11.3 Å². The van der Waals surface area contributed by atoms with Crippen molar-refractivity contribution >= 4 is 11.3 Å². The zero-order valence-electron chi connectivity index (χ0n) is 9.16. The Morgan fingerprint density at radius 3 is 3.20 bits per heavy atom. The Morgan fingerprint density at radius 1 is 1.67 bits per heavy atom. The predicted octanol–water partition coefficient (Wildman–Crippen LogP) is 1.70. The molecule has 0 amide bonds. The van der Waals surface area contributed by atoms with Crippen molar-refractivity contribution in [1.29, 1.82) is 0 Å². The van der Waals surface area contributed by atoms with E-state index in [1.807, 2.05) is 18.8 Å². The Balaban J connectivity index is 2.04. The van der Waals surface area contributed by atoms with Crippen molar-refractivity contribution in [3.05, 3.63) is 16.6 Å². The first-order chi connectivity index (χ1) is 7.35. The molecule has 2 rings (SSSR count). The van der Waals surface area contributed by atoms with Gasteiger partial charge in [0.1, 0.15) is 0 Å². The van der Waals surface area contributed by atoms with E-state index in [0.717, 1.165) is 26.2 Å². The molecule has 1 N–H and O–H groups in total. The van der Waals surface area contributed by atoms with Crippen LogP contribution in [0.3, 0.4) is 0 Å². The van der Waals surface area contributed by atoms with Crippen molar-refractivity contribution in [2.45, 2.75) is 19.3 Å². The standard InChI is InChI=1S/C11H18N2OS/c1-12-7-11(3-2-4-14-8-11)5-10-6-13-9-15-10/h6,9,12H,2-5,7-8H2,1H3. The smallest absolute Gasteiger partial charge is 0.0794 e. The molecule has 1 aromatic rings. The minimum absolute atomic E-state index is 0.291. The second-order valence-electron chi connectivity index (χ2n) is 4.33. The Bertz CT molecular complexity index is 275. The van der Waals surface area contributed by atoms with E-state index in [1.165, 1.54) is 17.7 Å². The summed E-state index contributed by atoms with van der Waals surface area (Å²) in [6.07, 6.45) is 5.52. The molecule has 1 aliphatic rings. The minimum atomic E-state index is 0.291. The van der Waals surface area contributed by atoms with Gasteiger partial charge < -0.3 is 10.1 Å². The molecule has 1 atom stereocenters. The van der Waals surface area contributed by atoms with Gasteiger partial charge in [0.25, 0.3) is 0 Å². The maximum Gasteiger partial charge on any atom is 0.0794 e. The quantitative estimate of drug-likeness (QED) is 0.848. The molecule has 0 aliphatic carbocycles. The second kappa shape index (κ2) is 5.05. The van der Waals surface area contributed by atoms with Crippen LogP contribution in [0, 0.1) is 5.41 Å². The van der Waals surface area contributed by atoms with Crippen LogP contribution in [-0.4, -0.2) is 31.8 Å². The molecule has 0 aromatic carbocycles. The van der Waals surface area contributed by atoms with Gasteiger partial charge in [0.15, 0.2) is 0 Å². The molecule has 1 saturated heterocycles. The highest BCUT2D eigenvalue weighted by Crippen LogP contribution is 2.32. The van der Waals surface area contributed by atoms with Gasteiger partial charge in [-0.2, -0.15) is 0 Å². The highest BCUT2D eigenvalue weighted by Gasteiger charge is 2.32. The fraction of sp³-hybridized carbons (Fsp3) is 0.727. The van der Waals surface area contributed by atoms with Gasteiger partial charge >= 0.3 is 0 Å². The summed E-state index contributed by atoms with van der Waals surface area (Å²) in [5, 5.41) is 3.29. The van der Waals surface area contributed by atoms with Crippen LogP contribution in [0.1, 0.15) is 17.7 Å². The van der Waals surface area contributed by atoms with E-state index in [0.29, 0.717) is 5.41 Å². The lowest BCUT2D eigenvalue weighted by Gasteiger charge is -2.36. The summed E-state index contributed by atoms with van der Waals surface area (Å²) in [6, 6.07) is 0. The normalized spacial score (nSPS) is 26.7. The molecule has 0 spiro atoms. The van der Waals surface area contributed by atoms with Gasteiger partial charge in [0, 0.05) is 29.6 Å². The SMILES string of the molecule is CNCC1(Cc2cncs2)CCCOC1. The molecule has 15 heavy (non-hydrogen) atoms. The van der Waals surface area contributed by atoms with Crippen LogP contribution in [0.2, 0.25) is 0 Å². The molecule has 4 heteroatoms. The minimum Gasteiger partial charge on any atom is -0.381 e. The number of thiazole rings is 1. The molecule has 0 saturated carbocycles. The Kier molecular flexibility index (Phi) is 3.72. The maximum absolute atomic E-state index is 5.63. The summed E-state index contributed by atoms with van der Waals surface area (Å²) in [7, 11) is 2.02. The summed E-state index contributed by atoms with van der Waals surface area (Å²) in [5.74, 6) is 0. The van der Waals surface area contributed by atoms with E-state index >= 15 is 0 Å². The van der Waals surface area contributed by atoms with Crippen LogP contribution < -0.4 is 5.32 Å². The third-order valence-corrected chi connectivity index (χ3v) is 3.77. The maximum atomic E-state index is 5.63. The van der Waals surface area contributed by atoms with Gasteiger partial charge in [0.2, 0.25) is 0 Å². The van der Waals surface area contributed by atoms with Crippen molar-refractivity contribution in [2.75, 3.05) is 26.8 Å². The van der Waals surface area contributed by atoms with Crippen molar-refractivity contribution in [2.24, 2.45) is 5.41 Å². The third kappa shape index (κ3) is 2.77. The van der Waals surface area contributed by atoms with Crippen molar-refractivity contribution in [3.8, 4) is 0 Å². The average molecular weight is 226 g/mol. The zero-order valence-corrected chi connectivity index (χ0v) is 9.98. The van der Waals surface area contributed by atoms with Gasteiger partial charge in [-0.1, -0.05) is 0 Å². The van der Waals surface area contributed by atoms with E-state index < -0.39 is 0 Å². The molecule has 1 aliphatic heterocycles. The van der Waals surface area contributed by atoms with Gasteiger partial charge in [-0.3, -0.25) is 4.98 Å². The van der Waals surface area contributed by atoms with Crippen molar-refractivity contribution in [1.82, 2.24) is 10.3 Å². The van der Waals surface area contributed by atoms with Crippen LogP contribution in [-0.2, 0) is 11.2 Å². The lowest BCUT2D eigenvalue weighted by molar-refractivity contribution is -0.00584. The topological polar surface area (TPSA) is 34.2 Å². The molecule has 2 heterocycles. The number of rotatable bonds is 4. The molecule has 84 valence electrons. The zero-order chi connectivity index (χ0) is 10.6. The Hall–Kier alpha value is -0.450. The summed E-state index contributed by atoms with van der Waals surface area (Å²) >= 11 is 1.75. The number of aromatic nitrogens is 1. The Labute approximate surface area is 94.9 Å². The van der Waals surface area contributed by atoms with E-state index in [-0.39, 0.29) is 0 Å². The van der Waals surface area contributed by atoms with Crippen molar-refractivity contribution in [3.63, 3.8) is 0 Å². The van der Waals surface area contributed by atoms with Crippen LogP contribution >= 0.6 is 11.3 Å². The molecular formula is C11H18N2OS. The van der Waals surface area contributed by atoms with E-state index in [2.05, 4.69) is 10.3 Å². The number of nitrogens with one attached hydrogen (secondary N) is 1. The molecule has 1 aromatic heterocycles. The average Bonchev–Trinajstić information content (AvgIpc) is 2.72. The second-order valence-corrected chi connectivity index (χ2v) is 5.30. The first kappa shape index (κ1) is 11.0. The summed E-state index contributed by atoms with van der Waals surface area (Å²) in [5.41, 5.74) is 2.20. The largest absolute Gasteiger partial charge is 0.381 e. The van der Waals surface area contributed by atoms with Crippen molar-refractivity contribution < 1.29 is 4.74 Å². The van der Waals surface area contributed by atoms with E-state index in [9.17, 15) is 0 Å². The lowest BCUT2D eigenvalue weighted by Crippen LogP contribution is -2.41. The first-order valence-corrected chi connectivity index (χ1v) is 6.32. The molecule has 1 unspecified atom stereocenters. The lowest BCUT2D eigenvalue weighted by atomic mass is 9.79. The van der Waals surface area contributed by atoms with Crippen LogP contribution in [0.25, 0.3) is 0 Å². The van der Waals surface area contributed by atoms with Gasteiger partial charge in [-0.05, 0) is 26.3 Å². The number of hydrogen-bond donors (Lipinski definition) is 1. The van der Waals surface area contributed by atoms with Crippen LogP contribution in [0.5, 0.6) is 0 Å². The van der Waals surface area contributed by atoms with Gasteiger partial charge in [-0.25, -0.2) is 0 Å². The molecule has 1 fully saturated rings. The fourth-order valence-corrected chi connectivity index (χ4v) is 3.09. The Morgan fingerprint density at radius 2 is 2.60 bits per heavy atom. The van der Waals surface area contributed by atoms with Gasteiger partial charge in [0.05, 0.1) is 12.1 Å². The highest BCUT2D eigenvalue weighted by molar-refractivity contribution is 7.09. The number of nitrogens with zero attached hydrogens (tertiary/aromatic N) is 1. The summed E-state index contributed by atoms with van der Waals surface area (Å²) in [4.78, 5) is 5.51. The number of ether oxygens (including phenoxy) is 1. The highest BCUT2D eigenvalue weighted by atomic mass is 32.1. The molecular weight excluding hydrogens is 208 g/mol. The van der Waals surface area contributed by atoms with Crippen LogP contribution in [0.15, 0.2) is 11.7 Å². The first-order valence-electron chi connectivity index (χ1n) is 5.44. The molecule has 3 nitrogen and oxygen atoms in total. The fourth-order valence-electron chi connectivity index (χ4n) is 2.33. The van der Waals surface area contributed by atoms with Crippen LogP contribution in [0.4, 0.5) is 0 Å². The molecule has 0 radical (unpaired) electrons. The summed E-state index contributed by atoms with van der Waals surface area (Å²) in [6.45, 7) is 2.84. The summed E-state index contributed by atoms with van der Waals surface area (Å²) < 4.78 is 5.63. The number of hydrogen-bond acceptors (Lipinski definition) is 4. The predicted molar refractivity (Wildman–Crippen MR) is 62.2 cm³/mol. The third-order valence-electron chi connectivity index (χ3n) is 2.99. The monoisotopic (exact) mass is 226 g/mol. The van der Waals surface area contributed by atoms with E-state index in [4.69, 9.17) is 4.74 Å². The molecule has 0 bridgehead atoms.